The Morgan fingerprint density at radius 1 is 0.852 bits per heavy atom. The van der Waals surface area contributed by atoms with E-state index in [0.29, 0.717) is 0 Å². The number of hydrogen-bond donors (Lipinski definition) is 1. The Morgan fingerprint density at radius 2 is 1.52 bits per heavy atom. The summed E-state index contributed by atoms with van der Waals surface area (Å²) in [7, 11) is 0. The second-order valence-corrected chi connectivity index (χ2v) is 8.33. The number of nitrogens with one attached hydrogen (secondary N) is 1. The third-order valence-electron chi connectivity index (χ3n) is 6.10. The second-order valence-electron chi connectivity index (χ2n) is 8.33. The predicted octanol–water partition coefficient (Wildman–Crippen LogP) is 5.68. The molecule has 0 spiro atoms. The first-order valence-electron chi connectivity index (χ1n) is 9.40. The molecule has 1 aromatic heterocycles. The molecule has 1 N–H and O–H groups in total. The summed E-state index contributed by atoms with van der Waals surface area (Å²) in [5, 5.41) is 3.56. The van der Waals surface area contributed by atoms with Gasteiger partial charge in [0.25, 0.3) is 0 Å². The summed E-state index contributed by atoms with van der Waals surface area (Å²) in [5.41, 5.74) is 3.41. The Labute approximate surface area is 161 Å². The van der Waals surface area contributed by atoms with Crippen LogP contribution in [0.15, 0.2) is 67.0 Å². The van der Waals surface area contributed by atoms with Crippen LogP contribution in [0.1, 0.15) is 33.3 Å². The molecular formula is C23H26N4. The van der Waals surface area contributed by atoms with Gasteiger partial charge in [0.2, 0.25) is 0 Å². The first kappa shape index (κ1) is 17.5. The largest absolute Gasteiger partial charge is 0.337 e. The molecule has 0 aliphatic carbocycles. The van der Waals surface area contributed by atoms with Crippen LogP contribution in [-0.4, -0.2) is 16.5 Å². The number of para-hydroxylation sites is 2. The molecule has 1 aliphatic heterocycles. The fourth-order valence-corrected chi connectivity index (χ4v) is 3.73. The number of anilines is 4. The number of fused-ring (bicyclic) bond motifs is 2. The van der Waals surface area contributed by atoms with Crippen molar-refractivity contribution >= 4 is 23.0 Å². The van der Waals surface area contributed by atoms with Crippen LogP contribution < -0.4 is 10.2 Å². The van der Waals surface area contributed by atoms with Crippen LogP contribution in [0.2, 0.25) is 0 Å². The lowest BCUT2D eigenvalue weighted by Gasteiger charge is -2.45. The molecule has 0 amide bonds. The first-order chi connectivity index (χ1) is 12.9. The summed E-state index contributed by atoms with van der Waals surface area (Å²) in [6.45, 7) is 10.1. The lowest BCUT2D eigenvalue weighted by molar-refractivity contribution is 0.207. The standard InChI is InChI=1S/C23H26N4/c1-22(2)16-27(17-10-6-5-7-11-17)21-20(24-14-15-25-21)26-19-13-9-8-12-18(19)23(22,3)4/h5-15H,16H2,1-4H3,(H,24,26). The molecule has 2 heterocycles. The SMILES string of the molecule is CC1(C)CN(c2ccccc2)c2nccnc2Nc2ccccc2C1(C)C. The smallest absolute Gasteiger partial charge is 0.176 e. The molecule has 0 radical (unpaired) electrons. The van der Waals surface area contributed by atoms with E-state index in [4.69, 9.17) is 4.98 Å². The molecule has 0 atom stereocenters. The van der Waals surface area contributed by atoms with E-state index in [9.17, 15) is 0 Å². The Hall–Kier alpha value is -2.88. The third-order valence-corrected chi connectivity index (χ3v) is 6.10. The molecule has 138 valence electrons. The maximum atomic E-state index is 4.71. The topological polar surface area (TPSA) is 41.1 Å². The highest BCUT2D eigenvalue weighted by Gasteiger charge is 2.42. The average molecular weight is 358 g/mol. The van der Waals surface area contributed by atoms with E-state index in [0.717, 1.165) is 29.6 Å². The van der Waals surface area contributed by atoms with Gasteiger partial charge in [-0.05, 0) is 34.6 Å². The van der Waals surface area contributed by atoms with Crippen molar-refractivity contribution in [2.75, 3.05) is 16.8 Å². The van der Waals surface area contributed by atoms with Crippen molar-refractivity contribution in [1.82, 2.24) is 9.97 Å². The fourth-order valence-electron chi connectivity index (χ4n) is 3.73. The number of hydrogen-bond acceptors (Lipinski definition) is 4. The summed E-state index contributed by atoms with van der Waals surface area (Å²) in [6.07, 6.45) is 3.50. The van der Waals surface area contributed by atoms with Crippen molar-refractivity contribution in [3.8, 4) is 0 Å². The van der Waals surface area contributed by atoms with Gasteiger partial charge in [-0.25, -0.2) is 9.97 Å². The summed E-state index contributed by atoms with van der Waals surface area (Å²) in [4.78, 5) is 11.6. The lowest BCUT2D eigenvalue weighted by Crippen LogP contribution is -2.44. The van der Waals surface area contributed by atoms with Gasteiger partial charge in [0.1, 0.15) is 0 Å². The molecule has 4 rings (SSSR count). The van der Waals surface area contributed by atoms with Crippen LogP contribution in [0.4, 0.5) is 23.0 Å². The zero-order valence-corrected chi connectivity index (χ0v) is 16.4. The zero-order valence-electron chi connectivity index (χ0n) is 16.4. The molecule has 0 fully saturated rings. The first-order valence-corrected chi connectivity index (χ1v) is 9.40. The van der Waals surface area contributed by atoms with Crippen LogP contribution in [0.3, 0.4) is 0 Å². The lowest BCUT2D eigenvalue weighted by atomic mass is 9.63. The van der Waals surface area contributed by atoms with E-state index >= 15 is 0 Å². The third kappa shape index (κ3) is 2.95. The van der Waals surface area contributed by atoms with E-state index in [1.807, 2.05) is 6.07 Å². The summed E-state index contributed by atoms with van der Waals surface area (Å²) in [6, 6.07) is 19.0. The predicted molar refractivity (Wildman–Crippen MR) is 112 cm³/mol. The Bertz CT molecular complexity index is 947. The molecule has 4 heteroatoms. The molecule has 0 unspecified atom stereocenters. The van der Waals surface area contributed by atoms with Gasteiger partial charge in [0.05, 0.1) is 0 Å². The molecular weight excluding hydrogens is 332 g/mol. The van der Waals surface area contributed by atoms with Gasteiger partial charge in [-0.2, -0.15) is 0 Å². The molecule has 2 aromatic carbocycles. The maximum Gasteiger partial charge on any atom is 0.176 e. The zero-order chi connectivity index (χ0) is 19.1. The van der Waals surface area contributed by atoms with Crippen molar-refractivity contribution in [1.29, 1.82) is 0 Å². The highest BCUT2D eigenvalue weighted by atomic mass is 15.2. The van der Waals surface area contributed by atoms with Crippen molar-refractivity contribution in [3.05, 3.63) is 72.6 Å². The van der Waals surface area contributed by atoms with Crippen LogP contribution in [0, 0.1) is 5.41 Å². The van der Waals surface area contributed by atoms with Crippen LogP contribution in [-0.2, 0) is 5.41 Å². The van der Waals surface area contributed by atoms with E-state index in [-0.39, 0.29) is 10.8 Å². The normalized spacial score (nSPS) is 17.6. The highest BCUT2D eigenvalue weighted by molar-refractivity contribution is 5.76. The number of nitrogens with zero attached hydrogens (tertiary/aromatic N) is 3. The van der Waals surface area contributed by atoms with Crippen LogP contribution in [0.25, 0.3) is 0 Å². The minimum absolute atomic E-state index is 0.0280. The number of aromatic nitrogens is 2. The van der Waals surface area contributed by atoms with Crippen molar-refractivity contribution in [2.24, 2.45) is 5.41 Å². The minimum atomic E-state index is -0.0638. The van der Waals surface area contributed by atoms with Gasteiger partial charge in [-0.1, -0.05) is 64.1 Å². The second kappa shape index (κ2) is 6.38. The molecule has 0 bridgehead atoms. The molecule has 4 nitrogen and oxygen atoms in total. The van der Waals surface area contributed by atoms with Gasteiger partial charge in [-0.3, -0.25) is 0 Å². The summed E-state index contributed by atoms with van der Waals surface area (Å²) in [5.74, 6) is 1.63. The highest BCUT2D eigenvalue weighted by Crippen LogP contribution is 2.48. The molecule has 0 saturated heterocycles. The molecule has 27 heavy (non-hydrogen) atoms. The van der Waals surface area contributed by atoms with Crippen molar-refractivity contribution < 1.29 is 0 Å². The van der Waals surface area contributed by atoms with Gasteiger partial charge < -0.3 is 10.2 Å². The van der Waals surface area contributed by atoms with Crippen LogP contribution >= 0.6 is 0 Å². The van der Waals surface area contributed by atoms with Gasteiger partial charge >= 0.3 is 0 Å². The number of benzene rings is 2. The molecule has 3 aromatic rings. The maximum absolute atomic E-state index is 4.71. The summed E-state index contributed by atoms with van der Waals surface area (Å²) < 4.78 is 0. The Balaban J connectivity index is 1.97. The van der Waals surface area contributed by atoms with Crippen molar-refractivity contribution in [3.63, 3.8) is 0 Å². The van der Waals surface area contributed by atoms with E-state index in [1.54, 1.807) is 12.4 Å². The number of rotatable bonds is 1. The van der Waals surface area contributed by atoms with Gasteiger partial charge in [0, 0.05) is 30.3 Å². The van der Waals surface area contributed by atoms with E-state index in [1.165, 1.54) is 5.56 Å². The molecule has 0 saturated carbocycles. The Morgan fingerprint density at radius 3 is 2.30 bits per heavy atom. The van der Waals surface area contributed by atoms with Gasteiger partial charge in [0.15, 0.2) is 11.6 Å². The van der Waals surface area contributed by atoms with Crippen molar-refractivity contribution in [2.45, 2.75) is 33.1 Å². The fraction of sp³-hybridized carbons (Fsp3) is 0.304. The summed E-state index contributed by atoms with van der Waals surface area (Å²) >= 11 is 0. The minimum Gasteiger partial charge on any atom is -0.337 e. The molecule has 1 aliphatic rings. The van der Waals surface area contributed by atoms with Crippen LogP contribution in [0.5, 0.6) is 0 Å². The Kier molecular flexibility index (Phi) is 4.14. The van der Waals surface area contributed by atoms with E-state index < -0.39 is 0 Å². The average Bonchev–Trinajstić information content (AvgIpc) is 2.69. The quantitative estimate of drug-likeness (QED) is 0.608. The van der Waals surface area contributed by atoms with E-state index in [2.05, 4.69) is 91.4 Å². The van der Waals surface area contributed by atoms with Gasteiger partial charge in [-0.15, -0.1) is 0 Å². The monoisotopic (exact) mass is 358 g/mol.